The van der Waals surface area contributed by atoms with Crippen LogP contribution in [-0.4, -0.2) is 38.1 Å². The molecule has 0 amide bonds. The molecule has 1 aliphatic heterocycles. The quantitative estimate of drug-likeness (QED) is 0.637. The Balaban J connectivity index is 1.39. The van der Waals surface area contributed by atoms with Crippen molar-refractivity contribution in [2.24, 2.45) is 0 Å². The van der Waals surface area contributed by atoms with Crippen molar-refractivity contribution in [1.82, 2.24) is 25.4 Å². The zero-order valence-electron chi connectivity index (χ0n) is 13.0. The predicted molar refractivity (Wildman–Crippen MR) is 88.3 cm³/mol. The van der Waals surface area contributed by atoms with Crippen LogP contribution in [0.3, 0.4) is 0 Å². The van der Waals surface area contributed by atoms with Gasteiger partial charge in [0.1, 0.15) is 0 Å². The van der Waals surface area contributed by atoms with Crippen molar-refractivity contribution in [2.45, 2.75) is 36.4 Å². The van der Waals surface area contributed by atoms with Gasteiger partial charge in [0.15, 0.2) is 5.76 Å². The zero-order chi connectivity index (χ0) is 16.2. The molecule has 0 aliphatic carbocycles. The molecule has 7 nitrogen and oxygen atoms in total. The topological polar surface area (TPSA) is 78.9 Å². The fourth-order valence-corrected chi connectivity index (χ4v) is 3.42. The Morgan fingerprint density at radius 3 is 3.00 bits per heavy atom. The van der Waals surface area contributed by atoms with E-state index < -0.39 is 0 Å². The molecular formula is C16H17N5O2S. The van der Waals surface area contributed by atoms with Gasteiger partial charge in [0.25, 0.3) is 0 Å². The Morgan fingerprint density at radius 2 is 2.17 bits per heavy atom. The highest BCUT2D eigenvalue weighted by Gasteiger charge is 2.19. The molecule has 3 aromatic rings. The molecule has 1 aromatic carbocycles. The number of benzene rings is 1. The monoisotopic (exact) mass is 343 g/mol. The third-order valence-corrected chi connectivity index (χ3v) is 4.86. The number of aromatic nitrogens is 5. The summed E-state index contributed by atoms with van der Waals surface area (Å²) in [5, 5.41) is 16.8. The Hall–Kier alpha value is -2.19. The minimum absolute atomic E-state index is 0.213. The van der Waals surface area contributed by atoms with Gasteiger partial charge in [0.05, 0.1) is 18.3 Å². The number of tetrazole rings is 1. The second-order valence-corrected chi connectivity index (χ2v) is 6.56. The van der Waals surface area contributed by atoms with Gasteiger partial charge in [-0.25, -0.2) is 4.68 Å². The first-order valence-corrected chi connectivity index (χ1v) is 8.88. The predicted octanol–water partition coefficient (Wildman–Crippen LogP) is 2.80. The first kappa shape index (κ1) is 15.3. The lowest BCUT2D eigenvalue weighted by Crippen LogP contribution is -2.16. The van der Waals surface area contributed by atoms with Crippen LogP contribution in [0.5, 0.6) is 0 Å². The number of thioether (sulfide) groups is 1. The molecule has 2 aromatic heterocycles. The van der Waals surface area contributed by atoms with E-state index in [-0.39, 0.29) is 6.10 Å². The van der Waals surface area contributed by atoms with Gasteiger partial charge in [0, 0.05) is 24.0 Å². The fraction of sp³-hybridized carbons (Fsp3) is 0.375. The lowest BCUT2D eigenvalue weighted by molar-refractivity contribution is 0.0912. The normalized spacial score (nSPS) is 17.4. The molecule has 4 rings (SSSR count). The van der Waals surface area contributed by atoms with Crippen LogP contribution >= 0.6 is 11.8 Å². The van der Waals surface area contributed by atoms with E-state index in [2.05, 4.69) is 20.7 Å². The lowest BCUT2D eigenvalue weighted by Gasteiger charge is -2.09. The van der Waals surface area contributed by atoms with Gasteiger partial charge in [-0.1, -0.05) is 47.3 Å². The molecule has 1 atom stereocenters. The lowest BCUT2D eigenvalue weighted by atomic mass is 10.2. The Bertz CT molecular complexity index is 783. The van der Waals surface area contributed by atoms with Gasteiger partial charge in [-0.2, -0.15) is 0 Å². The molecule has 0 unspecified atom stereocenters. The van der Waals surface area contributed by atoms with E-state index in [0.29, 0.717) is 12.3 Å². The maximum absolute atomic E-state index is 5.64. The van der Waals surface area contributed by atoms with E-state index in [9.17, 15) is 0 Å². The highest BCUT2D eigenvalue weighted by Crippen LogP contribution is 2.25. The molecule has 8 heteroatoms. The van der Waals surface area contributed by atoms with Gasteiger partial charge in [-0.15, -0.1) is 5.10 Å². The summed E-state index contributed by atoms with van der Waals surface area (Å²) < 4.78 is 12.9. The molecule has 3 heterocycles. The van der Waals surface area contributed by atoms with E-state index in [1.54, 1.807) is 16.4 Å². The average Bonchev–Trinajstić information content (AvgIpc) is 3.37. The maximum atomic E-state index is 5.64. The third kappa shape index (κ3) is 3.49. The number of ether oxygens (including phenoxy) is 1. The summed E-state index contributed by atoms with van der Waals surface area (Å²) in [5.41, 5.74) is 1.88. The second kappa shape index (κ2) is 7.14. The Morgan fingerprint density at radius 1 is 1.25 bits per heavy atom. The summed E-state index contributed by atoms with van der Waals surface area (Å²) in [5.74, 6) is 1.42. The van der Waals surface area contributed by atoms with Crippen LogP contribution in [0.4, 0.5) is 0 Å². The number of rotatable bonds is 6. The van der Waals surface area contributed by atoms with Gasteiger partial charge < -0.3 is 9.26 Å². The van der Waals surface area contributed by atoms with Crippen LogP contribution in [0.2, 0.25) is 0 Å². The van der Waals surface area contributed by atoms with Crippen LogP contribution in [-0.2, 0) is 17.0 Å². The Kier molecular flexibility index (Phi) is 4.57. The maximum Gasteiger partial charge on any atom is 0.209 e. The van der Waals surface area contributed by atoms with Crippen molar-refractivity contribution >= 4 is 11.8 Å². The van der Waals surface area contributed by atoms with E-state index in [1.807, 2.05) is 36.4 Å². The number of hydrogen-bond donors (Lipinski definition) is 0. The van der Waals surface area contributed by atoms with Crippen molar-refractivity contribution in [1.29, 1.82) is 0 Å². The fourth-order valence-electron chi connectivity index (χ4n) is 2.65. The average molecular weight is 343 g/mol. The molecular weight excluding hydrogens is 326 g/mol. The SMILES string of the molecule is c1ccc(-c2cc(CSc3nnnn3C[C@@H]3CCCO3)no2)cc1. The summed E-state index contributed by atoms with van der Waals surface area (Å²) in [6.07, 6.45) is 2.38. The summed E-state index contributed by atoms with van der Waals surface area (Å²) in [7, 11) is 0. The first-order valence-electron chi connectivity index (χ1n) is 7.90. The molecule has 0 N–H and O–H groups in total. The van der Waals surface area contributed by atoms with Gasteiger partial charge in [0.2, 0.25) is 5.16 Å². The Labute approximate surface area is 143 Å². The highest BCUT2D eigenvalue weighted by molar-refractivity contribution is 7.98. The molecule has 0 spiro atoms. The van der Waals surface area contributed by atoms with E-state index in [4.69, 9.17) is 9.26 Å². The molecule has 1 fully saturated rings. The largest absolute Gasteiger partial charge is 0.376 e. The van der Waals surface area contributed by atoms with Crippen molar-refractivity contribution in [3.8, 4) is 11.3 Å². The molecule has 0 bridgehead atoms. The molecule has 1 aliphatic rings. The first-order chi connectivity index (χ1) is 11.9. The van der Waals surface area contributed by atoms with Gasteiger partial charge >= 0.3 is 0 Å². The van der Waals surface area contributed by atoms with Gasteiger partial charge in [-0.3, -0.25) is 0 Å². The summed E-state index contributed by atoms with van der Waals surface area (Å²) in [4.78, 5) is 0. The minimum atomic E-state index is 0.213. The molecule has 0 saturated carbocycles. The molecule has 124 valence electrons. The van der Waals surface area contributed by atoms with Crippen LogP contribution in [0, 0.1) is 0 Å². The number of nitrogens with zero attached hydrogens (tertiary/aromatic N) is 5. The molecule has 24 heavy (non-hydrogen) atoms. The second-order valence-electron chi connectivity index (χ2n) is 5.62. The van der Waals surface area contributed by atoms with Gasteiger partial charge in [-0.05, 0) is 23.3 Å². The van der Waals surface area contributed by atoms with Crippen LogP contribution < -0.4 is 0 Å². The summed E-state index contributed by atoms with van der Waals surface area (Å²) in [6.45, 7) is 1.53. The van der Waals surface area contributed by atoms with Crippen molar-refractivity contribution in [2.75, 3.05) is 6.61 Å². The standard InChI is InChI=1S/C16H17N5O2S/c1-2-5-12(6-3-1)15-9-13(18-23-15)11-24-16-17-19-20-21(16)10-14-7-4-8-22-14/h1-3,5-6,9,14H,4,7-8,10-11H2/t14-/m0/s1. The van der Waals surface area contributed by atoms with E-state index in [1.165, 1.54) is 0 Å². The third-order valence-electron chi connectivity index (χ3n) is 3.87. The number of hydrogen-bond acceptors (Lipinski definition) is 7. The van der Waals surface area contributed by atoms with E-state index in [0.717, 1.165) is 41.6 Å². The van der Waals surface area contributed by atoms with Crippen molar-refractivity contribution in [3.63, 3.8) is 0 Å². The van der Waals surface area contributed by atoms with Crippen molar-refractivity contribution < 1.29 is 9.26 Å². The highest BCUT2D eigenvalue weighted by atomic mass is 32.2. The van der Waals surface area contributed by atoms with E-state index >= 15 is 0 Å². The van der Waals surface area contributed by atoms with Crippen LogP contribution in [0.25, 0.3) is 11.3 Å². The smallest absolute Gasteiger partial charge is 0.209 e. The van der Waals surface area contributed by atoms with Crippen LogP contribution in [0.1, 0.15) is 18.5 Å². The summed E-state index contributed by atoms with van der Waals surface area (Å²) >= 11 is 1.55. The van der Waals surface area contributed by atoms with Crippen LogP contribution in [0.15, 0.2) is 46.1 Å². The molecule has 1 saturated heterocycles. The summed E-state index contributed by atoms with van der Waals surface area (Å²) in [6, 6.07) is 11.9. The minimum Gasteiger partial charge on any atom is -0.376 e. The zero-order valence-corrected chi connectivity index (χ0v) is 13.9. The van der Waals surface area contributed by atoms with Crippen molar-refractivity contribution in [3.05, 3.63) is 42.1 Å². The molecule has 0 radical (unpaired) electrons.